The van der Waals surface area contributed by atoms with Crippen molar-refractivity contribution in [2.24, 2.45) is 0 Å². The second kappa shape index (κ2) is 8.35. The number of hydrogen-bond donors (Lipinski definition) is 1. The summed E-state index contributed by atoms with van der Waals surface area (Å²) >= 11 is 0. The topological polar surface area (TPSA) is 38.3 Å². The second-order valence-electron chi connectivity index (χ2n) is 6.15. The van der Waals surface area contributed by atoms with E-state index in [1.165, 1.54) is 0 Å². The van der Waals surface area contributed by atoms with Gasteiger partial charge in [0.05, 0.1) is 7.11 Å². The summed E-state index contributed by atoms with van der Waals surface area (Å²) in [4.78, 5) is 0. The lowest BCUT2D eigenvalue weighted by atomic mass is 10.1. The molecule has 1 atom stereocenters. The van der Waals surface area contributed by atoms with E-state index in [2.05, 4.69) is 12.0 Å². The van der Waals surface area contributed by atoms with Gasteiger partial charge in [-0.25, -0.2) is 0 Å². The molecule has 0 amide bonds. The predicted octanol–water partition coefficient (Wildman–Crippen LogP) is 4.67. The zero-order valence-electron chi connectivity index (χ0n) is 15.1. The fourth-order valence-electron chi connectivity index (χ4n) is 3.05. The lowest BCUT2D eigenvalue weighted by molar-refractivity contribution is 0.413. The van der Waals surface area contributed by atoms with E-state index in [0.29, 0.717) is 0 Å². The van der Waals surface area contributed by atoms with Crippen molar-refractivity contribution >= 4 is 17.9 Å². The zero-order chi connectivity index (χ0) is 18.4. The summed E-state index contributed by atoms with van der Waals surface area (Å²) in [5, 5.41) is 5.11. The van der Waals surface area contributed by atoms with Crippen LogP contribution in [-0.2, 0) is 4.57 Å². The SMILES string of the molecule is CC[C@@H](NP(=O)(c1ccccc1)c1ccccc1)c1cccc(OC)c1. The molecule has 0 unspecified atom stereocenters. The Bertz CT molecular complexity index is 837. The van der Waals surface area contributed by atoms with Crippen LogP contribution in [0.15, 0.2) is 84.9 Å². The summed E-state index contributed by atoms with van der Waals surface area (Å²) < 4.78 is 19.5. The Morgan fingerprint density at radius 3 is 1.96 bits per heavy atom. The van der Waals surface area contributed by atoms with Crippen LogP contribution in [-0.4, -0.2) is 7.11 Å². The van der Waals surface area contributed by atoms with Gasteiger partial charge in [0.25, 0.3) is 0 Å². The maximum Gasteiger partial charge on any atom is 0.205 e. The fraction of sp³-hybridized carbons (Fsp3) is 0.182. The van der Waals surface area contributed by atoms with E-state index in [1.54, 1.807) is 7.11 Å². The minimum Gasteiger partial charge on any atom is -0.497 e. The lowest BCUT2D eigenvalue weighted by Crippen LogP contribution is -2.30. The molecular formula is C22H24NO2P. The number of rotatable bonds is 7. The van der Waals surface area contributed by atoms with Gasteiger partial charge < -0.3 is 4.74 Å². The quantitative estimate of drug-likeness (QED) is 0.619. The highest BCUT2D eigenvalue weighted by molar-refractivity contribution is 7.76. The summed E-state index contributed by atoms with van der Waals surface area (Å²) in [5.74, 6) is 0.803. The minimum absolute atomic E-state index is 0.0451. The van der Waals surface area contributed by atoms with Crippen molar-refractivity contribution in [3.63, 3.8) is 0 Å². The third kappa shape index (κ3) is 3.90. The van der Waals surface area contributed by atoms with Crippen LogP contribution in [0.1, 0.15) is 24.9 Å². The molecule has 0 aliphatic heterocycles. The molecule has 0 saturated carbocycles. The molecule has 0 aliphatic rings. The molecule has 0 bridgehead atoms. The molecule has 0 heterocycles. The first kappa shape index (κ1) is 18.4. The molecule has 1 N–H and O–H groups in total. The highest BCUT2D eigenvalue weighted by atomic mass is 31.2. The summed E-state index contributed by atoms with van der Waals surface area (Å²) in [7, 11) is -1.32. The van der Waals surface area contributed by atoms with Gasteiger partial charge in [-0.15, -0.1) is 0 Å². The van der Waals surface area contributed by atoms with Gasteiger partial charge in [-0.1, -0.05) is 55.5 Å². The molecule has 0 aliphatic carbocycles. The molecule has 3 aromatic carbocycles. The Morgan fingerprint density at radius 2 is 1.46 bits per heavy atom. The van der Waals surface area contributed by atoms with Crippen molar-refractivity contribution in [3.05, 3.63) is 90.5 Å². The third-order valence-electron chi connectivity index (χ3n) is 4.48. The number of ether oxygens (including phenoxy) is 1. The van der Waals surface area contributed by atoms with Crippen molar-refractivity contribution in [2.75, 3.05) is 7.11 Å². The molecule has 4 heteroatoms. The van der Waals surface area contributed by atoms with Crippen molar-refractivity contribution in [3.8, 4) is 5.75 Å². The number of benzene rings is 3. The van der Waals surface area contributed by atoms with Crippen LogP contribution in [0.4, 0.5) is 0 Å². The Morgan fingerprint density at radius 1 is 0.885 bits per heavy atom. The lowest BCUT2D eigenvalue weighted by Gasteiger charge is -2.27. The van der Waals surface area contributed by atoms with Gasteiger partial charge in [-0.05, 0) is 48.4 Å². The highest BCUT2D eigenvalue weighted by Gasteiger charge is 2.30. The van der Waals surface area contributed by atoms with E-state index in [1.807, 2.05) is 84.9 Å². The minimum atomic E-state index is -2.98. The van der Waals surface area contributed by atoms with E-state index in [-0.39, 0.29) is 6.04 Å². The number of methoxy groups -OCH3 is 1. The second-order valence-corrected chi connectivity index (χ2v) is 8.66. The van der Waals surface area contributed by atoms with Gasteiger partial charge in [0, 0.05) is 16.7 Å². The Labute approximate surface area is 155 Å². The highest BCUT2D eigenvalue weighted by Crippen LogP contribution is 2.42. The molecule has 26 heavy (non-hydrogen) atoms. The van der Waals surface area contributed by atoms with Crippen LogP contribution in [0.5, 0.6) is 5.75 Å². The van der Waals surface area contributed by atoms with E-state index in [4.69, 9.17) is 4.74 Å². The molecule has 134 valence electrons. The average molecular weight is 365 g/mol. The van der Waals surface area contributed by atoms with Crippen molar-refractivity contribution in [1.82, 2.24) is 5.09 Å². The van der Waals surface area contributed by atoms with Crippen LogP contribution < -0.4 is 20.4 Å². The van der Waals surface area contributed by atoms with Crippen molar-refractivity contribution < 1.29 is 9.30 Å². The summed E-state index contributed by atoms with van der Waals surface area (Å²) in [6.07, 6.45) is 0.816. The standard InChI is InChI=1S/C22H24NO2P/c1-3-22(18-11-10-12-19(17-18)25-2)23-26(24,20-13-6-4-7-14-20)21-15-8-5-9-16-21/h4-17,22H,3H2,1-2H3,(H,23,24)/t22-/m1/s1. The maximum absolute atomic E-state index is 14.2. The molecule has 0 spiro atoms. The monoisotopic (exact) mass is 365 g/mol. The smallest absolute Gasteiger partial charge is 0.205 e. The molecular weight excluding hydrogens is 341 g/mol. The summed E-state index contributed by atoms with van der Waals surface area (Å²) in [6, 6.07) is 27.2. The Kier molecular flexibility index (Phi) is 5.92. The van der Waals surface area contributed by atoms with Gasteiger partial charge in [0.15, 0.2) is 0 Å². The first-order valence-corrected chi connectivity index (χ1v) is 10.5. The Balaban J connectivity index is 2.03. The van der Waals surface area contributed by atoms with Gasteiger partial charge in [0.1, 0.15) is 5.75 Å². The molecule has 3 aromatic rings. The number of hydrogen-bond acceptors (Lipinski definition) is 2. The zero-order valence-corrected chi connectivity index (χ0v) is 16.0. The van der Waals surface area contributed by atoms with Crippen LogP contribution in [0, 0.1) is 0 Å². The van der Waals surface area contributed by atoms with Crippen molar-refractivity contribution in [2.45, 2.75) is 19.4 Å². The largest absolute Gasteiger partial charge is 0.497 e. The molecule has 3 rings (SSSR count). The van der Waals surface area contributed by atoms with Gasteiger partial charge >= 0.3 is 0 Å². The van der Waals surface area contributed by atoms with Gasteiger partial charge in [-0.2, -0.15) is 0 Å². The average Bonchev–Trinajstić information content (AvgIpc) is 2.73. The third-order valence-corrected chi connectivity index (χ3v) is 7.21. The van der Waals surface area contributed by atoms with Crippen LogP contribution in [0.3, 0.4) is 0 Å². The Hall–Kier alpha value is -2.35. The van der Waals surface area contributed by atoms with E-state index in [0.717, 1.165) is 28.3 Å². The van der Waals surface area contributed by atoms with Crippen molar-refractivity contribution in [1.29, 1.82) is 0 Å². The molecule has 3 nitrogen and oxygen atoms in total. The van der Waals surface area contributed by atoms with Crippen LogP contribution in [0.25, 0.3) is 0 Å². The van der Waals surface area contributed by atoms with Gasteiger partial charge in [0.2, 0.25) is 7.29 Å². The molecule has 0 radical (unpaired) electrons. The van der Waals surface area contributed by atoms with E-state index >= 15 is 0 Å². The summed E-state index contributed by atoms with van der Waals surface area (Å²) in [6.45, 7) is 2.09. The van der Waals surface area contributed by atoms with E-state index < -0.39 is 7.29 Å². The van der Waals surface area contributed by atoms with E-state index in [9.17, 15) is 4.57 Å². The molecule has 0 aromatic heterocycles. The normalized spacial score (nSPS) is 12.5. The van der Waals surface area contributed by atoms with Crippen LogP contribution in [0.2, 0.25) is 0 Å². The van der Waals surface area contributed by atoms with Gasteiger partial charge in [-0.3, -0.25) is 9.65 Å². The number of nitrogens with one attached hydrogen (secondary N) is 1. The fourth-order valence-corrected chi connectivity index (χ4v) is 5.60. The maximum atomic E-state index is 14.2. The first-order valence-electron chi connectivity index (χ1n) is 8.80. The summed E-state index contributed by atoms with van der Waals surface area (Å²) in [5.41, 5.74) is 1.07. The van der Waals surface area contributed by atoms with Crippen LogP contribution >= 0.6 is 7.29 Å². The predicted molar refractivity (Wildman–Crippen MR) is 109 cm³/mol. The molecule has 0 fully saturated rings. The first-order chi connectivity index (χ1) is 12.7. The molecule has 0 saturated heterocycles.